The predicted octanol–water partition coefficient (Wildman–Crippen LogP) is 1.59. The maximum atomic E-state index is 11.8. The van der Waals surface area contributed by atoms with Gasteiger partial charge in [-0.05, 0) is 46.6 Å². The first-order chi connectivity index (χ1) is 6.85. The lowest BCUT2D eigenvalue weighted by atomic mass is 10.0. The zero-order chi connectivity index (χ0) is 11.6. The molecule has 88 valence electrons. The molecule has 1 saturated heterocycles. The zero-order valence-corrected chi connectivity index (χ0v) is 10.1. The van der Waals surface area contributed by atoms with Gasteiger partial charge in [0.05, 0.1) is 0 Å². The topological polar surface area (TPSA) is 55.6 Å². The van der Waals surface area contributed by atoms with E-state index < -0.39 is 5.60 Å². The number of ether oxygens (including phenoxy) is 1. The lowest BCUT2D eigenvalue weighted by Gasteiger charge is -2.28. The molecule has 2 N–H and O–H groups in total. The second-order valence-electron chi connectivity index (χ2n) is 5.20. The number of nitrogens with zero attached hydrogens (tertiary/aromatic N) is 1. The number of nitrogens with two attached hydrogens (primary N) is 1. The van der Waals surface area contributed by atoms with Gasteiger partial charge in [0.15, 0.2) is 0 Å². The molecule has 1 aliphatic heterocycles. The van der Waals surface area contributed by atoms with Crippen molar-refractivity contribution in [2.45, 2.75) is 45.8 Å². The smallest absolute Gasteiger partial charge is 0.410 e. The summed E-state index contributed by atoms with van der Waals surface area (Å²) in [5.41, 5.74) is 5.22. The number of likely N-dealkylation sites (tertiary alicyclic amines) is 1. The molecule has 0 spiro atoms. The van der Waals surface area contributed by atoms with Gasteiger partial charge in [-0.25, -0.2) is 4.79 Å². The van der Waals surface area contributed by atoms with Gasteiger partial charge in [0.25, 0.3) is 0 Å². The van der Waals surface area contributed by atoms with Crippen molar-refractivity contribution in [3.63, 3.8) is 0 Å². The van der Waals surface area contributed by atoms with Crippen molar-refractivity contribution in [2.24, 2.45) is 11.7 Å². The van der Waals surface area contributed by atoms with Crippen LogP contribution >= 0.6 is 0 Å². The van der Waals surface area contributed by atoms with Crippen LogP contribution in [0.3, 0.4) is 0 Å². The van der Waals surface area contributed by atoms with Gasteiger partial charge in [-0.2, -0.15) is 0 Å². The van der Waals surface area contributed by atoms with Gasteiger partial charge >= 0.3 is 6.09 Å². The minimum Gasteiger partial charge on any atom is -0.444 e. The minimum absolute atomic E-state index is 0.199. The Kier molecular flexibility index (Phi) is 3.60. The Morgan fingerprint density at radius 1 is 1.53 bits per heavy atom. The molecule has 0 saturated carbocycles. The highest BCUT2D eigenvalue weighted by atomic mass is 16.6. The van der Waals surface area contributed by atoms with E-state index in [-0.39, 0.29) is 12.1 Å². The highest BCUT2D eigenvalue weighted by Gasteiger charge is 2.35. The molecule has 1 fully saturated rings. The van der Waals surface area contributed by atoms with Crippen molar-refractivity contribution in [1.82, 2.24) is 4.90 Å². The van der Waals surface area contributed by atoms with Crippen molar-refractivity contribution >= 4 is 6.09 Å². The lowest BCUT2D eigenvalue weighted by molar-refractivity contribution is 0.0224. The molecule has 0 aromatic rings. The summed E-state index contributed by atoms with van der Waals surface area (Å²) in [6, 6.07) is 0.199. The maximum absolute atomic E-state index is 11.8. The van der Waals surface area contributed by atoms with Crippen LogP contribution in [0.5, 0.6) is 0 Å². The molecule has 4 nitrogen and oxygen atoms in total. The summed E-state index contributed by atoms with van der Waals surface area (Å²) < 4.78 is 5.33. The van der Waals surface area contributed by atoms with Crippen LogP contribution in [0.15, 0.2) is 0 Å². The van der Waals surface area contributed by atoms with E-state index >= 15 is 0 Å². The summed E-state index contributed by atoms with van der Waals surface area (Å²) >= 11 is 0. The average molecular weight is 214 g/mol. The van der Waals surface area contributed by atoms with Crippen LogP contribution in [0.25, 0.3) is 0 Å². The van der Waals surface area contributed by atoms with Crippen molar-refractivity contribution in [3.05, 3.63) is 0 Å². The number of hydrogen-bond donors (Lipinski definition) is 1. The van der Waals surface area contributed by atoms with Crippen LogP contribution < -0.4 is 5.73 Å². The summed E-state index contributed by atoms with van der Waals surface area (Å²) in [5.74, 6) is 0.414. The third-order valence-corrected chi connectivity index (χ3v) is 2.85. The molecular weight excluding hydrogens is 192 g/mol. The van der Waals surface area contributed by atoms with Crippen molar-refractivity contribution in [1.29, 1.82) is 0 Å². The number of amides is 1. The van der Waals surface area contributed by atoms with Gasteiger partial charge in [0, 0.05) is 12.6 Å². The molecule has 2 atom stereocenters. The standard InChI is InChI=1S/C11H22N2O2/c1-8-9(7-12)5-6-13(8)10(14)15-11(2,3)4/h8-9H,5-7,12H2,1-4H3/t8-,9-/m0/s1. The van der Waals surface area contributed by atoms with Crippen molar-refractivity contribution in [2.75, 3.05) is 13.1 Å². The first-order valence-corrected chi connectivity index (χ1v) is 5.55. The Morgan fingerprint density at radius 2 is 2.13 bits per heavy atom. The summed E-state index contributed by atoms with van der Waals surface area (Å²) in [4.78, 5) is 13.6. The summed E-state index contributed by atoms with van der Waals surface area (Å²) in [5, 5.41) is 0. The number of hydrogen-bond acceptors (Lipinski definition) is 3. The molecule has 0 aromatic heterocycles. The molecule has 4 heteroatoms. The first-order valence-electron chi connectivity index (χ1n) is 5.55. The Bertz CT molecular complexity index is 235. The monoisotopic (exact) mass is 214 g/mol. The van der Waals surface area contributed by atoms with Crippen LogP contribution in [0, 0.1) is 5.92 Å². The van der Waals surface area contributed by atoms with Gasteiger partial charge in [-0.15, -0.1) is 0 Å². The number of carbonyl (C=O) groups excluding carboxylic acids is 1. The van der Waals surface area contributed by atoms with Crippen LogP contribution in [0.1, 0.15) is 34.1 Å². The minimum atomic E-state index is -0.419. The third-order valence-electron chi connectivity index (χ3n) is 2.85. The average Bonchev–Trinajstić information content (AvgIpc) is 2.43. The lowest BCUT2D eigenvalue weighted by Crippen LogP contribution is -2.40. The van der Waals surface area contributed by atoms with Crippen LogP contribution in [0.2, 0.25) is 0 Å². The number of rotatable bonds is 1. The normalized spacial score (nSPS) is 26.9. The van der Waals surface area contributed by atoms with E-state index in [9.17, 15) is 4.79 Å². The fraction of sp³-hybridized carbons (Fsp3) is 0.909. The van der Waals surface area contributed by atoms with Crippen LogP contribution in [0.4, 0.5) is 4.79 Å². The fourth-order valence-electron chi connectivity index (χ4n) is 1.90. The van der Waals surface area contributed by atoms with Gasteiger partial charge in [-0.1, -0.05) is 0 Å². The van der Waals surface area contributed by atoms with Gasteiger partial charge in [0.2, 0.25) is 0 Å². The Balaban J connectivity index is 2.55. The molecule has 0 aliphatic carbocycles. The molecule has 1 heterocycles. The quantitative estimate of drug-likeness (QED) is 0.721. The first kappa shape index (κ1) is 12.3. The van der Waals surface area contributed by atoms with Crippen LogP contribution in [-0.2, 0) is 4.74 Å². The van der Waals surface area contributed by atoms with Crippen molar-refractivity contribution in [3.8, 4) is 0 Å². The fourth-order valence-corrected chi connectivity index (χ4v) is 1.90. The maximum Gasteiger partial charge on any atom is 0.410 e. The Morgan fingerprint density at radius 3 is 2.53 bits per heavy atom. The molecule has 0 bridgehead atoms. The van der Waals surface area contributed by atoms with E-state index in [1.165, 1.54) is 0 Å². The molecule has 1 amide bonds. The molecule has 0 radical (unpaired) electrons. The van der Waals surface area contributed by atoms with E-state index in [1.807, 2.05) is 27.7 Å². The van der Waals surface area contributed by atoms with E-state index in [1.54, 1.807) is 4.90 Å². The van der Waals surface area contributed by atoms with E-state index in [0.29, 0.717) is 12.5 Å². The Labute approximate surface area is 91.8 Å². The van der Waals surface area contributed by atoms with Crippen LogP contribution in [-0.4, -0.2) is 35.7 Å². The van der Waals surface area contributed by atoms with Gasteiger partial charge < -0.3 is 15.4 Å². The second-order valence-corrected chi connectivity index (χ2v) is 5.20. The molecular formula is C11H22N2O2. The predicted molar refractivity (Wildman–Crippen MR) is 59.6 cm³/mol. The SMILES string of the molecule is C[C@H]1[C@H](CN)CCN1C(=O)OC(C)(C)C. The second kappa shape index (κ2) is 4.39. The highest BCUT2D eigenvalue weighted by Crippen LogP contribution is 2.24. The summed E-state index contributed by atoms with van der Waals surface area (Å²) in [6.07, 6.45) is 0.766. The highest BCUT2D eigenvalue weighted by molar-refractivity contribution is 5.69. The largest absolute Gasteiger partial charge is 0.444 e. The van der Waals surface area contributed by atoms with Crippen molar-refractivity contribution < 1.29 is 9.53 Å². The number of carbonyl (C=O) groups is 1. The van der Waals surface area contributed by atoms with E-state index in [4.69, 9.17) is 10.5 Å². The van der Waals surface area contributed by atoms with Gasteiger partial charge in [0.1, 0.15) is 5.60 Å². The van der Waals surface area contributed by atoms with Gasteiger partial charge in [-0.3, -0.25) is 0 Å². The zero-order valence-electron chi connectivity index (χ0n) is 10.1. The van der Waals surface area contributed by atoms with E-state index in [0.717, 1.165) is 13.0 Å². The molecule has 0 unspecified atom stereocenters. The molecule has 1 rings (SSSR count). The summed E-state index contributed by atoms with van der Waals surface area (Å²) in [6.45, 7) is 9.08. The third kappa shape index (κ3) is 3.09. The molecule has 0 aromatic carbocycles. The molecule has 1 aliphatic rings. The Hall–Kier alpha value is -0.770. The van der Waals surface area contributed by atoms with E-state index in [2.05, 4.69) is 0 Å². The summed E-state index contributed by atoms with van der Waals surface area (Å²) in [7, 11) is 0. The molecule has 15 heavy (non-hydrogen) atoms.